The molecule has 0 bridgehead atoms. The fourth-order valence-electron chi connectivity index (χ4n) is 1.83. The summed E-state index contributed by atoms with van der Waals surface area (Å²) in [5.41, 5.74) is 5.97. The lowest BCUT2D eigenvalue weighted by molar-refractivity contribution is -0.139. The summed E-state index contributed by atoms with van der Waals surface area (Å²) >= 11 is 0. The van der Waals surface area contributed by atoms with Crippen molar-refractivity contribution in [3.63, 3.8) is 0 Å². The van der Waals surface area contributed by atoms with E-state index < -0.39 is 14.4 Å². The number of amides is 1. The molecule has 5 heteroatoms. The van der Waals surface area contributed by atoms with Gasteiger partial charge in [-0.25, -0.2) is 0 Å². The minimum Gasteiger partial charge on any atom is -0.415 e. The van der Waals surface area contributed by atoms with Crippen LogP contribution in [0.15, 0.2) is 0 Å². The average Bonchev–Trinajstić information content (AvgIpc) is 2.22. The van der Waals surface area contributed by atoms with Crippen LogP contribution in [0.2, 0.25) is 18.1 Å². The molecule has 0 aromatic heterocycles. The van der Waals surface area contributed by atoms with E-state index in [9.17, 15) is 4.79 Å². The molecule has 19 heavy (non-hydrogen) atoms. The van der Waals surface area contributed by atoms with Gasteiger partial charge >= 0.3 is 0 Å². The smallest absolute Gasteiger partial charge is 0.241 e. The Hall–Kier alpha value is -0.393. The molecule has 1 saturated heterocycles. The molecule has 4 nitrogen and oxygen atoms in total. The van der Waals surface area contributed by atoms with Gasteiger partial charge in [0.1, 0.15) is 6.04 Å². The molecule has 0 aromatic carbocycles. The minimum absolute atomic E-state index is 0.0448. The van der Waals surface area contributed by atoms with Crippen LogP contribution < -0.4 is 5.73 Å². The van der Waals surface area contributed by atoms with Gasteiger partial charge in [-0.1, -0.05) is 27.7 Å². The average molecular weight is 286 g/mol. The Morgan fingerprint density at radius 2 is 1.95 bits per heavy atom. The fraction of sp³-hybridized carbons (Fsp3) is 0.929. The number of nitrogens with zero attached hydrogens (tertiary/aromatic N) is 1. The van der Waals surface area contributed by atoms with Crippen molar-refractivity contribution in [3.05, 3.63) is 0 Å². The van der Waals surface area contributed by atoms with E-state index in [1.54, 1.807) is 0 Å². The molecule has 0 spiro atoms. The number of hydrogen-bond donors (Lipinski definition) is 1. The topological polar surface area (TPSA) is 55.6 Å². The molecule has 1 aliphatic heterocycles. The molecule has 0 saturated carbocycles. The van der Waals surface area contributed by atoms with Crippen molar-refractivity contribution < 1.29 is 9.22 Å². The van der Waals surface area contributed by atoms with Crippen LogP contribution in [0.25, 0.3) is 0 Å². The number of likely N-dealkylation sites (tertiary alicyclic amines) is 1. The Kier molecular flexibility index (Phi) is 5.20. The van der Waals surface area contributed by atoms with Crippen LogP contribution in [0.4, 0.5) is 0 Å². The van der Waals surface area contributed by atoms with Crippen LogP contribution in [-0.2, 0) is 9.22 Å². The van der Waals surface area contributed by atoms with Crippen molar-refractivity contribution in [2.45, 2.75) is 58.3 Å². The highest BCUT2D eigenvalue weighted by Gasteiger charge is 2.39. The third kappa shape index (κ3) is 4.03. The molecule has 1 amide bonds. The third-order valence-corrected chi connectivity index (χ3v) is 9.09. The van der Waals surface area contributed by atoms with Crippen molar-refractivity contribution in [1.29, 1.82) is 0 Å². The first-order valence-electron chi connectivity index (χ1n) is 7.27. The van der Waals surface area contributed by atoms with Crippen molar-refractivity contribution in [3.8, 4) is 0 Å². The van der Waals surface area contributed by atoms with E-state index in [0.717, 1.165) is 19.5 Å². The van der Waals surface area contributed by atoms with Crippen LogP contribution in [-0.4, -0.2) is 44.9 Å². The molecule has 1 aliphatic rings. The van der Waals surface area contributed by atoms with Gasteiger partial charge in [0.2, 0.25) is 5.91 Å². The van der Waals surface area contributed by atoms with Crippen LogP contribution in [0, 0.1) is 5.92 Å². The Labute approximate surface area is 118 Å². The van der Waals surface area contributed by atoms with Gasteiger partial charge < -0.3 is 15.1 Å². The minimum atomic E-state index is -1.81. The summed E-state index contributed by atoms with van der Waals surface area (Å²) in [5, 5.41) is 0.153. The first-order chi connectivity index (χ1) is 8.58. The molecule has 112 valence electrons. The van der Waals surface area contributed by atoms with E-state index in [1.807, 2.05) is 4.90 Å². The molecule has 0 aliphatic carbocycles. The molecule has 0 radical (unpaired) electrons. The summed E-state index contributed by atoms with van der Waals surface area (Å²) in [6.45, 7) is 15.2. The summed E-state index contributed by atoms with van der Waals surface area (Å²) in [5.74, 6) is 0.709. The highest BCUT2D eigenvalue weighted by Crippen LogP contribution is 2.36. The van der Waals surface area contributed by atoms with Gasteiger partial charge in [0.25, 0.3) is 0 Å². The molecule has 0 aromatic rings. The molecular weight excluding hydrogens is 256 g/mol. The van der Waals surface area contributed by atoms with Gasteiger partial charge in [0, 0.05) is 13.1 Å². The SMILES string of the molecule is CCC1CN(C(=O)[C@@H](N)CO[Si](C)(C)C(C)(C)C)C1. The quantitative estimate of drug-likeness (QED) is 0.788. The standard InChI is InChI=1S/C14H30N2O2Si/c1-7-11-8-16(9-11)13(17)12(15)10-18-19(5,6)14(2,3)4/h11-12H,7-10,15H2,1-6H3/t12-/m0/s1. The zero-order chi connectivity index (χ0) is 14.8. The molecule has 1 fully saturated rings. The normalized spacial score (nSPS) is 19.2. The van der Waals surface area contributed by atoms with Gasteiger partial charge in [-0.2, -0.15) is 0 Å². The molecule has 1 atom stereocenters. The van der Waals surface area contributed by atoms with Gasteiger partial charge in [0.15, 0.2) is 8.32 Å². The number of carbonyl (C=O) groups is 1. The van der Waals surface area contributed by atoms with Gasteiger partial charge in [-0.05, 0) is 30.5 Å². The summed E-state index contributed by atoms with van der Waals surface area (Å²) in [4.78, 5) is 13.9. The second-order valence-corrected chi connectivity index (χ2v) is 12.0. The van der Waals surface area contributed by atoms with Crippen LogP contribution in [0.3, 0.4) is 0 Å². The highest BCUT2D eigenvalue weighted by atomic mass is 28.4. The Balaban J connectivity index is 2.40. The zero-order valence-electron chi connectivity index (χ0n) is 13.3. The monoisotopic (exact) mass is 286 g/mol. The van der Waals surface area contributed by atoms with Gasteiger partial charge in [-0.15, -0.1) is 0 Å². The maximum absolute atomic E-state index is 12.1. The molecule has 2 N–H and O–H groups in total. The first kappa shape index (κ1) is 16.7. The summed E-state index contributed by atoms with van der Waals surface area (Å²) in [6.07, 6.45) is 1.14. The molecule has 1 rings (SSSR count). The number of nitrogens with two attached hydrogens (primary N) is 1. The van der Waals surface area contributed by atoms with E-state index in [4.69, 9.17) is 10.2 Å². The van der Waals surface area contributed by atoms with Crippen molar-refractivity contribution >= 4 is 14.2 Å². The Bertz CT molecular complexity index is 320. The Morgan fingerprint density at radius 3 is 2.37 bits per heavy atom. The predicted molar refractivity (Wildman–Crippen MR) is 81.5 cm³/mol. The third-order valence-electron chi connectivity index (χ3n) is 4.59. The number of rotatable bonds is 5. The van der Waals surface area contributed by atoms with Crippen molar-refractivity contribution in [1.82, 2.24) is 4.90 Å². The fourth-order valence-corrected chi connectivity index (χ4v) is 2.86. The maximum Gasteiger partial charge on any atom is 0.241 e. The predicted octanol–water partition coefficient (Wildman–Crippen LogP) is 2.20. The summed E-state index contributed by atoms with van der Waals surface area (Å²) in [6, 6.07) is -0.507. The second kappa shape index (κ2) is 5.93. The van der Waals surface area contributed by atoms with Crippen LogP contribution >= 0.6 is 0 Å². The lowest BCUT2D eigenvalue weighted by Crippen LogP contribution is -2.57. The second-order valence-electron chi connectivity index (χ2n) is 7.20. The maximum atomic E-state index is 12.1. The highest BCUT2D eigenvalue weighted by molar-refractivity contribution is 6.74. The van der Waals surface area contributed by atoms with Gasteiger partial charge in [0.05, 0.1) is 6.61 Å². The number of carbonyl (C=O) groups excluding carboxylic acids is 1. The van der Waals surface area contributed by atoms with E-state index in [0.29, 0.717) is 12.5 Å². The van der Waals surface area contributed by atoms with E-state index >= 15 is 0 Å². The van der Waals surface area contributed by atoms with Crippen molar-refractivity contribution in [2.75, 3.05) is 19.7 Å². The van der Waals surface area contributed by atoms with Crippen LogP contribution in [0.5, 0.6) is 0 Å². The van der Waals surface area contributed by atoms with E-state index in [1.165, 1.54) is 0 Å². The van der Waals surface area contributed by atoms with E-state index in [-0.39, 0.29) is 10.9 Å². The Morgan fingerprint density at radius 1 is 1.42 bits per heavy atom. The molecule has 0 unspecified atom stereocenters. The van der Waals surface area contributed by atoms with E-state index in [2.05, 4.69) is 40.8 Å². The molecular formula is C14H30N2O2Si. The number of hydrogen-bond acceptors (Lipinski definition) is 3. The summed E-state index contributed by atoms with van der Waals surface area (Å²) in [7, 11) is -1.81. The summed E-state index contributed by atoms with van der Waals surface area (Å²) < 4.78 is 6.02. The zero-order valence-corrected chi connectivity index (χ0v) is 14.3. The van der Waals surface area contributed by atoms with Crippen LogP contribution in [0.1, 0.15) is 34.1 Å². The first-order valence-corrected chi connectivity index (χ1v) is 10.2. The lowest BCUT2D eigenvalue weighted by Gasteiger charge is -2.41. The molecule has 1 heterocycles. The lowest BCUT2D eigenvalue weighted by atomic mass is 9.96. The van der Waals surface area contributed by atoms with Gasteiger partial charge in [-0.3, -0.25) is 4.79 Å². The largest absolute Gasteiger partial charge is 0.415 e. The van der Waals surface area contributed by atoms with Crippen molar-refractivity contribution in [2.24, 2.45) is 11.7 Å².